The summed E-state index contributed by atoms with van der Waals surface area (Å²) in [6.07, 6.45) is 0.822. The van der Waals surface area contributed by atoms with E-state index < -0.39 is 7.82 Å². The number of nitrogens with one attached hydrogen (secondary N) is 1. The first kappa shape index (κ1) is 21.2. The molecule has 0 heterocycles. The van der Waals surface area contributed by atoms with Crippen LogP contribution in [0.25, 0.3) is 0 Å². The maximum atomic E-state index is 13.0. The SMILES string of the molecule is CCC(C)(NC)c1cccc2c1C(=O)c1ccccc1C2=O.O=P(O)(O)O. The van der Waals surface area contributed by atoms with Crippen molar-refractivity contribution in [1.29, 1.82) is 0 Å². The molecule has 8 heteroatoms. The highest BCUT2D eigenvalue weighted by Gasteiger charge is 2.35. The number of fused-ring (bicyclic) bond motifs is 2. The van der Waals surface area contributed by atoms with Gasteiger partial charge < -0.3 is 20.0 Å². The number of phosphoric acid groups is 1. The van der Waals surface area contributed by atoms with Crippen LogP contribution in [0.15, 0.2) is 42.5 Å². The molecule has 0 amide bonds. The van der Waals surface area contributed by atoms with Gasteiger partial charge in [0.25, 0.3) is 0 Å². The van der Waals surface area contributed by atoms with Gasteiger partial charge in [-0.05, 0) is 26.0 Å². The molecule has 0 saturated carbocycles. The van der Waals surface area contributed by atoms with Gasteiger partial charge in [0.05, 0.1) is 0 Å². The van der Waals surface area contributed by atoms with Crippen molar-refractivity contribution in [3.63, 3.8) is 0 Å². The van der Waals surface area contributed by atoms with Gasteiger partial charge in [0.2, 0.25) is 0 Å². The second-order valence-electron chi connectivity index (χ2n) is 6.38. The number of rotatable bonds is 3. The minimum absolute atomic E-state index is 0.0595. The Labute approximate surface area is 157 Å². The zero-order valence-electron chi connectivity index (χ0n) is 15.3. The summed E-state index contributed by atoms with van der Waals surface area (Å²) in [6, 6.07) is 12.6. The van der Waals surface area contributed by atoms with Crippen LogP contribution in [-0.4, -0.2) is 33.3 Å². The second kappa shape index (κ2) is 7.84. The highest BCUT2D eigenvalue weighted by atomic mass is 31.2. The first-order valence-corrected chi connectivity index (χ1v) is 9.89. The van der Waals surface area contributed by atoms with E-state index in [2.05, 4.69) is 19.2 Å². The van der Waals surface area contributed by atoms with E-state index in [0.29, 0.717) is 22.3 Å². The summed E-state index contributed by atoms with van der Waals surface area (Å²) >= 11 is 0. The van der Waals surface area contributed by atoms with Gasteiger partial charge in [-0.2, -0.15) is 0 Å². The molecule has 0 aromatic heterocycles. The average Bonchev–Trinajstić information content (AvgIpc) is 2.63. The van der Waals surface area contributed by atoms with Gasteiger partial charge in [0.1, 0.15) is 0 Å². The molecular weight excluding hydrogens is 369 g/mol. The lowest BCUT2D eigenvalue weighted by Gasteiger charge is -2.32. The fourth-order valence-electron chi connectivity index (χ4n) is 3.11. The molecule has 1 aliphatic carbocycles. The van der Waals surface area contributed by atoms with E-state index in [1.165, 1.54) is 0 Å². The van der Waals surface area contributed by atoms with Crippen LogP contribution in [0.3, 0.4) is 0 Å². The summed E-state index contributed by atoms with van der Waals surface area (Å²) < 4.78 is 8.88. The predicted molar refractivity (Wildman–Crippen MR) is 101 cm³/mol. The molecule has 1 atom stereocenters. The van der Waals surface area contributed by atoms with Crippen LogP contribution in [0.2, 0.25) is 0 Å². The topological polar surface area (TPSA) is 124 Å². The van der Waals surface area contributed by atoms with Gasteiger partial charge in [0, 0.05) is 27.8 Å². The number of carbonyl (C=O) groups is 2. The summed E-state index contributed by atoms with van der Waals surface area (Å²) in [4.78, 5) is 47.3. The molecule has 7 nitrogen and oxygen atoms in total. The van der Waals surface area contributed by atoms with Crippen molar-refractivity contribution in [3.8, 4) is 0 Å². The lowest BCUT2D eigenvalue weighted by atomic mass is 9.76. The highest BCUT2D eigenvalue weighted by Crippen LogP contribution is 2.35. The molecule has 0 fully saturated rings. The molecular formula is C19H22NO6P. The molecule has 0 radical (unpaired) electrons. The van der Waals surface area contributed by atoms with Crippen LogP contribution >= 0.6 is 7.82 Å². The van der Waals surface area contributed by atoms with Crippen molar-refractivity contribution in [2.75, 3.05) is 7.05 Å². The Balaban J connectivity index is 0.000000465. The van der Waals surface area contributed by atoms with E-state index in [1.54, 1.807) is 30.3 Å². The Morgan fingerprint density at radius 3 is 1.89 bits per heavy atom. The summed E-state index contributed by atoms with van der Waals surface area (Å²) in [5.74, 6) is -0.127. The number of ketones is 2. The van der Waals surface area contributed by atoms with Crippen LogP contribution in [-0.2, 0) is 10.1 Å². The van der Waals surface area contributed by atoms with Crippen LogP contribution in [0.1, 0.15) is 57.7 Å². The van der Waals surface area contributed by atoms with Crippen LogP contribution < -0.4 is 5.32 Å². The monoisotopic (exact) mass is 391 g/mol. The summed E-state index contributed by atoms with van der Waals surface area (Å²) in [6.45, 7) is 4.12. The predicted octanol–water partition coefficient (Wildman–Crippen LogP) is 2.38. The average molecular weight is 391 g/mol. The Morgan fingerprint density at radius 1 is 0.926 bits per heavy atom. The fraction of sp³-hybridized carbons (Fsp3) is 0.263. The molecule has 0 saturated heterocycles. The van der Waals surface area contributed by atoms with Crippen LogP contribution in [0.4, 0.5) is 0 Å². The van der Waals surface area contributed by atoms with Gasteiger partial charge in [-0.25, -0.2) is 4.57 Å². The second-order valence-corrected chi connectivity index (χ2v) is 7.41. The largest absolute Gasteiger partial charge is 0.466 e. The Hall–Kier alpha value is -2.15. The number of benzene rings is 2. The van der Waals surface area contributed by atoms with E-state index >= 15 is 0 Å². The van der Waals surface area contributed by atoms with Gasteiger partial charge in [-0.15, -0.1) is 0 Å². The van der Waals surface area contributed by atoms with Crippen molar-refractivity contribution >= 4 is 19.4 Å². The molecule has 1 aliphatic rings. The Bertz CT molecular complexity index is 921. The maximum Gasteiger partial charge on any atom is 0.466 e. The lowest BCUT2D eigenvalue weighted by molar-refractivity contribution is 0.0976. The standard InChI is InChI=1S/C19H19NO2.H3O4P/c1-4-19(2,20-3)15-11-7-10-14-16(15)18(22)13-9-6-5-8-12(13)17(14)21;1-5(2,3)4/h5-11,20H,4H2,1-3H3;(H3,1,2,3,4). The van der Waals surface area contributed by atoms with E-state index in [0.717, 1.165) is 12.0 Å². The summed E-state index contributed by atoms with van der Waals surface area (Å²) in [5, 5.41) is 3.29. The molecule has 0 spiro atoms. The van der Waals surface area contributed by atoms with Crippen molar-refractivity contribution in [1.82, 2.24) is 5.32 Å². The van der Waals surface area contributed by atoms with Gasteiger partial charge in [-0.1, -0.05) is 49.4 Å². The number of hydrogen-bond acceptors (Lipinski definition) is 4. The third-order valence-electron chi connectivity index (χ3n) is 4.81. The molecule has 2 aromatic carbocycles. The van der Waals surface area contributed by atoms with Crippen LogP contribution in [0, 0.1) is 0 Å². The van der Waals surface area contributed by atoms with Crippen molar-refractivity contribution < 1.29 is 28.8 Å². The fourth-order valence-corrected chi connectivity index (χ4v) is 3.11. The molecule has 144 valence electrons. The van der Waals surface area contributed by atoms with Gasteiger partial charge in [0.15, 0.2) is 11.6 Å². The lowest BCUT2D eigenvalue weighted by Crippen LogP contribution is -2.39. The Morgan fingerprint density at radius 2 is 1.41 bits per heavy atom. The van der Waals surface area contributed by atoms with Crippen molar-refractivity contribution in [2.24, 2.45) is 0 Å². The Kier molecular flexibility index (Phi) is 6.14. The first-order valence-electron chi connectivity index (χ1n) is 8.32. The maximum absolute atomic E-state index is 13.0. The summed E-state index contributed by atoms with van der Waals surface area (Å²) in [5.41, 5.74) is 2.61. The third kappa shape index (κ3) is 4.40. The van der Waals surface area contributed by atoms with E-state index in [1.807, 2.05) is 19.2 Å². The van der Waals surface area contributed by atoms with E-state index in [-0.39, 0.29) is 17.1 Å². The molecule has 0 aliphatic heterocycles. The van der Waals surface area contributed by atoms with Gasteiger partial charge in [-0.3, -0.25) is 9.59 Å². The van der Waals surface area contributed by atoms with E-state index in [4.69, 9.17) is 19.2 Å². The van der Waals surface area contributed by atoms with Gasteiger partial charge >= 0.3 is 7.82 Å². The van der Waals surface area contributed by atoms with E-state index in [9.17, 15) is 9.59 Å². The smallest absolute Gasteiger partial charge is 0.311 e. The normalized spacial score (nSPS) is 15.2. The molecule has 4 N–H and O–H groups in total. The quantitative estimate of drug-likeness (QED) is 0.505. The zero-order chi connectivity index (χ0) is 20.4. The van der Waals surface area contributed by atoms with Crippen molar-refractivity contribution in [3.05, 3.63) is 70.3 Å². The molecule has 1 unspecified atom stereocenters. The van der Waals surface area contributed by atoms with Crippen molar-refractivity contribution in [2.45, 2.75) is 25.8 Å². The summed E-state index contributed by atoms with van der Waals surface area (Å²) in [7, 11) is -2.76. The molecule has 3 rings (SSSR count). The van der Waals surface area contributed by atoms with Crippen LogP contribution in [0.5, 0.6) is 0 Å². The minimum Gasteiger partial charge on any atom is -0.311 e. The number of carbonyl (C=O) groups excluding carboxylic acids is 2. The molecule has 27 heavy (non-hydrogen) atoms. The molecule has 2 aromatic rings. The number of hydrogen-bond donors (Lipinski definition) is 4. The molecule has 0 bridgehead atoms. The zero-order valence-corrected chi connectivity index (χ0v) is 16.2. The highest BCUT2D eigenvalue weighted by molar-refractivity contribution is 7.45. The third-order valence-corrected chi connectivity index (χ3v) is 4.81. The first-order chi connectivity index (χ1) is 12.5. The minimum atomic E-state index is -4.64.